The van der Waals surface area contributed by atoms with Crippen LogP contribution in [0.2, 0.25) is 0 Å². The average Bonchev–Trinajstić information content (AvgIpc) is 2.67. The minimum absolute atomic E-state index is 0.287. The Morgan fingerprint density at radius 1 is 1.60 bits per heavy atom. The Balaban J connectivity index is 2.53. The Morgan fingerprint density at radius 3 is 3.13 bits per heavy atom. The van der Waals surface area contributed by atoms with Crippen molar-refractivity contribution in [3.63, 3.8) is 0 Å². The molecule has 1 unspecified atom stereocenters. The Hall–Kier alpha value is -1.31. The molecule has 1 N–H and O–H groups in total. The Labute approximate surface area is 95.2 Å². The van der Waals surface area contributed by atoms with Crippen LogP contribution in [0.4, 0.5) is 0 Å². The predicted octanol–water partition coefficient (Wildman–Crippen LogP) is 2.65. The summed E-state index contributed by atoms with van der Waals surface area (Å²) in [6.07, 6.45) is 6.38. The van der Waals surface area contributed by atoms with Crippen LogP contribution in [0.5, 0.6) is 0 Å². The number of benzene rings is 1. The van der Waals surface area contributed by atoms with Gasteiger partial charge in [-0.2, -0.15) is 0 Å². The van der Waals surface area contributed by atoms with E-state index in [0.717, 1.165) is 15.4 Å². The minimum Gasteiger partial charge on any atom is -0.387 e. The molecule has 1 atom stereocenters. The number of fused-ring (bicyclic) bond motifs is 1. The molecule has 15 heavy (non-hydrogen) atoms. The maximum absolute atomic E-state index is 9.77. The normalized spacial score (nSPS) is 12.6. The van der Waals surface area contributed by atoms with Crippen LogP contribution in [0.3, 0.4) is 0 Å². The van der Waals surface area contributed by atoms with E-state index in [4.69, 9.17) is 10.9 Å². The highest BCUT2D eigenvalue weighted by molar-refractivity contribution is 9.10. The number of rotatable bonds is 2. The fourth-order valence-corrected chi connectivity index (χ4v) is 2.10. The van der Waals surface area contributed by atoms with Gasteiger partial charge in [0.15, 0.2) is 5.58 Å². The standard InChI is InChI=1S/C11H8BrNO2/c1-2-3-9(14)7-4-5-10-8(11(7)12)6-13-15-10/h1,4-6,9,14H,3H2. The van der Waals surface area contributed by atoms with E-state index >= 15 is 0 Å². The van der Waals surface area contributed by atoms with Gasteiger partial charge in [-0.1, -0.05) is 11.2 Å². The first-order valence-corrected chi connectivity index (χ1v) is 5.17. The molecule has 0 saturated carbocycles. The van der Waals surface area contributed by atoms with Crippen molar-refractivity contribution in [2.75, 3.05) is 0 Å². The topological polar surface area (TPSA) is 46.3 Å². The molecule has 0 aliphatic carbocycles. The first-order valence-electron chi connectivity index (χ1n) is 4.38. The van der Waals surface area contributed by atoms with Gasteiger partial charge < -0.3 is 9.63 Å². The van der Waals surface area contributed by atoms with E-state index in [1.807, 2.05) is 0 Å². The molecule has 0 spiro atoms. The molecule has 1 aromatic carbocycles. The van der Waals surface area contributed by atoms with E-state index in [9.17, 15) is 5.11 Å². The zero-order valence-electron chi connectivity index (χ0n) is 7.77. The molecule has 1 heterocycles. The van der Waals surface area contributed by atoms with Gasteiger partial charge in [0.2, 0.25) is 0 Å². The van der Waals surface area contributed by atoms with E-state index in [1.165, 1.54) is 0 Å². The van der Waals surface area contributed by atoms with E-state index in [-0.39, 0.29) is 6.42 Å². The number of aromatic nitrogens is 1. The van der Waals surface area contributed by atoms with Crippen LogP contribution >= 0.6 is 15.9 Å². The first-order chi connectivity index (χ1) is 7.24. The van der Waals surface area contributed by atoms with Crippen molar-refractivity contribution in [1.82, 2.24) is 5.16 Å². The fraction of sp³-hybridized carbons (Fsp3) is 0.182. The minimum atomic E-state index is -0.663. The Morgan fingerprint density at radius 2 is 2.40 bits per heavy atom. The molecule has 0 aliphatic rings. The first kappa shape index (κ1) is 10.2. The number of aliphatic hydroxyl groups is 1. The molecule has 0 bridgehead atoms. The van der Waals surface area contributed by atoms with E-state index in [1.54, 1.807) is 18.3 Å². The summed E-state index contributed by atoms with van der Waals surface area (Å²) >= 11 is 3.40. The third-order valence-electron chi connectivity index (χ3n) is 2.17. The van der Waals surface area contributed by atoms with Gasteiger partial charge in [0.1, 0.15) is 0 Å². The van der Waals surface area contributed by atoms with Gasteiger partial charge >= 0.3 is 0 Å². The summed E-state index contributed by atoms with van der Waals surface area (Å²) in [5.74, 6) is 2.43. The van der Waals surface area contributed by atoms with Crippen LogP contribution in [0.1, 0.15) is 18.1 Å². The second-order valence-electron chi connectivity index (χ2n) is 3.13. The molecule has 2 rings (SSSR count). The van der Waals surface area contributed by atoms with Gasteiger partial charge in [-0.05, 0) is 27.6 Å². The Bertz CT molecular complexity index is 527. The highest BCUT2D eigenvalue weighted by atomic mass is 79.9. The van der Waals surface area contributed by atoms with Crippen molar-refractivity contribution >= 4 is 26.9 Å². The summed E-state index contributed by atoms with van der Waals surface area (Å²) in [7, 11) is 0. The highest BCUT2D eigenvalue weighted by Crippen LogP contribution is 2.32. The van der Waals surface area contributed by atoms with Crippen LogP contribution in [0.15, 0.2) is 27.3 Å². The lowest BCUT2D eigenvalue weighted by molar-refractivity contribution is 0.183. The maximum atomic E-state index is 9.77. The van der Waals surface area contributed by atoms with Crippen LogP contribution < -0.4 is 0 Å². The van der Waals surface area contributed by atoms with Crippen molar-refractivity contribution < 1.29 is 9.63 Å². The third kappa shape index (κ3) is 1.76. The second kappa shape index (κ2) is 4.05. The number of halogens is 1. The van der Waals surface area contributed by atoms with Crippen LogP contribution in [-0.2, 0) is 0 Å². The third-order valence-corrected chi connectivity index (χ3v) is 3.06. The van der Waals surface area contributed by atoms with Crippen molar-refractivity contribution in [2.45, 2.75) is 12.5 Å². The maximum Gasteiger partial charge on any atom is 0.168 e. The lowest BCUT2D eigenvalue weighted by Crippen LogP contribution is -1.96. The lowest BCUT2D eigenvalue weighted by atomic mass is 10.1. The molecule has 3 nitrogen and oxygen atoms in total. The van der Waals surface area contributed by atoms with Gasteiger partial charge in [0.25, 0.3) is 0 Å². The molecular weight excluding hydrogens is 258 g/mol. The molecule has 0 radical (unpaired) electrons. The van der Waals surface area contributed by atoms with E-state index in [0.29, 0.717) is 5.58 Å². The molecular formula is C11H8BrNO2. The van der Waals surface area contributed by atoms with Crippen molar-refractivity contribution in [1.29, 1.82) is 0 Å². The van der Waals surface area contributed by atoms with Crippen molar-refractivity contribution in [2.24, 2.45) is 0 Å². The summed E-state index contributed by atoms with van der Waals surface area (Å²) < 4.78 is 5.77. The SMILES string of the molecule is C#CCC(O)c1ccc2oncc2c1Br. The number of terminal acetylenes is 1. The summed E-state index contributed by atoms with van der Waals surface area (Å²) in [6, 6.07) is 3.54. The molecule has 0 aliphatic heterocycles. The van der Waals surface area contributed by atoms with Crippen LogP contribution in [-0.4, -0.2) is 10.3 Å². The van der Waals surface area contributed by atoms with Gasteiger partial charge in [0.05, 0.1) is 17.7 Å². The van der Waals surface area contributed by atoms with Gasteiger partial charge in [0, 0.05) is 10.9 Å². The molecule has 2 aromatic rings. The molecule has 1 aromatic heterocycles. The van der Waals surface area contributed by atoms with Crippen molar-refractivity contribution in [3.8, 4) is 12.3 Å². The fourth-order valence-electron chi connectivity index (χ4n) is 1.41. The monoisotopic (exact) mass is 265 g/mol. The van der Waals surface area contributed by atoms with E-state index < -0.39 is 6.10 Å². The largest absolute Gasteiger partial charge is 0.387 e. The second-order valence-corrected chi connectivity index (χ2v) is 3.92. The highest BCUT2D eigenvalue weighted by Gasteiger charge is 2.14. The lowest BCUT2D eigenvalue weighted by Gasteiger charge is -2.09. The van der Waals surface area contributed by atoms with Crippen molar-refractivity contribution in [3.05, 3.63) is 28.4 Å². The molecule has 76 valence electrons. The number of aliphatic hydroxyl groups excluding tert-OH is 1. The molecule has 4 heteroatoms. The van der Waals surface area contributed by atoms with Gasteiger partial charge in [-0.25, -0.2) is 0 Å². The zero-order valence-corrected chi connectivity index (χ0v) is 9.36. The van der Waals surface area contributed by atoms with Crippen LogP contribution in [0, 0.1) is 12.3 Å². The summed E-state index contributed by atoms with van der Waals surface area (Å²) in [5.41, 5.74) is 1.43. The molecule has 0 amide bonds. The van der Waals surface area contributed by atoms with Gasteiger partial charge in [-0.15, -0.1) is 12.3 Å². The van der Waals surface area contributed by atoms with E-state index in [2.05, 4.69) is 27.0 Å². The Kier molecular flexibility index (Phi) is 2.76. The smallest absolute Gasteiger partial charge is 0.168 e. The number of nitrogens with zero attached hydrogens (tertiary/aromatic N) is 1. The average molecular weight is 266 g/mol. The molecule has 0 saturated heterocycles. The number of hydrogen-bond acceptors (Lipinski definition) is 3. The predicted molar refractivity (Wildman–Crippen MR) is 60.1 cm³/mol. The summed E-state index contributed by atoms with van der Waals surface area (Å²) in [4.78, 5) is 0. The quantitative estimate of drug-likeness (QED) is 0.850. The number of hydrogen-bond donors (Lipinski definition) is 1. The summed E-state index contributed by atoms with van der Waals surface area (Å²) in [6.45, 7) is 0. The summed E-state index contributed by atoms with van der Waals surface area (Å²) in [5, 5.41) is 14.3. The zero-order chi connectivity index (χ0) is 10.8. The van der Waals surface area contributed by atoms with Gasteiger partial charge in [-0.3, -0.25) is 0 Å². The molecule has 0 fully saturated rings. The van der Waals surface area contributed by atoms with Crippen LogP contribution in [0.25, 0.3) is 11.0 Å².